The maximum absolute atomic E-state index is 12.9. The lowest BCUT2D eigenvalue weighted by molar-refractivity contribution is 0.101. The lowest BCUT2D eigenvalue weighted by Gasteiger charge is -2.25. The van der Waals surface area contributed by atoms with Crippen molar-refractivity contribution in [2.45, 2.75) is 29.1 Å². The minimum absolute atomic E-state index is 0.0429. The van der Waals surface area contributed by atoms with Gasteiger partial charge in [0.25, 0.3) is 5.91 Å². The van der Waals surface area contributed by atoms with Gasteiger partial charge in [0.2, 0.25) is 20.0 Å². The number of carbonyl (C=O) groups excluding carboxylic acids is 1. The Kier molecular flexibility index (Phi) is 6.37. The van der Waals surface area contributed by atoms with E-state index >= 15 is 0 Å². The number of amides is 1. The molecule has 1 N–H and O–H groups in total. The smallest absolute Gasteiger partial charge is 0.272 e. The van der Waals surface area contributed by atoms with Gasteiger partial charge in [-0.25, -0.2) is 21.1 Å². The molecule has 2 aromatic rings. The molecule has 0 bridgehead atoms. The monoisotopic (exact) mass is 454 g/mol. The fourth-order valence-electron chi connectivity index (χ4n) is 3.33. The number of hydrogen-bond donors (Lipinski definition) is 1. The fourth-order valence-corrected chi connectivity index (χ4v) is 5.96. The first-order chi connectivity index (χ1) is 14.0. The Morgan fingerprint density at radius 1 is 1.03 bits per heavy atom. The van der Waals surface area contributed by atoms with Crippen LogP contribution in [0.5, 0.6) is 0 Å². The molecule has 0 spiro atoms. The van der Waals surface area contributed by atoms with Gasteiger partial charge in [0, 0.05) is 40.4 Å². The quantitative estimate of drug-likeness (QED) is 0.715. The van der Waals surface area contributed by atoms with E-state index in [1.165, 1.54) is 47.4 Å². The van der Waals surface area contributed by atoms with Crippen LogP contribution < -0.4 is 5.32 Å². The van der Waals surface area contributed by atoms with E-state index in [9.17, 15) is 21.6 Å². The summed E-state index contributed by atoms with van der Waals surface area (Å²) < 4.78 is 54.8. The normalized spacial score (nSPS) is 16.0. The van der Waals surface area contributed by atoms with Crippen molar-refractivity contribution >= 4 is 31.6 Å². The van der Waals surface area contributed by atoms with Crippen molar-refractivity contribution in [1.82, 2.24) is 13.2 Å². The lowest BCUT2D eigenvalue weighted by Crippen LogP contribution is -2.35. The van der Waals surface area contributed by atoms with Gasteiger partial charge in [-0.3, -0.25) is 4.79 Å². The standard InChI is InChI=1S/C19H26N4O5S2/c1-21(2)30(27,28)18-10-6-5-9-16(18)20-19(24)17-13-15(14-22(17)3)29(25,26)23-11-7-4-8-12-23/h5-6,9-10,13-14H,4,7-8,11-12H2,1-3H3,(H,20,24). The molecule has 11 heteroatoms. The van der Waals surface area contributed by atoms with Crippen LogP contribution in [-0.4, -0.2) is 63.1 Å². The Morgan fingerprint density at radius 3 is 2.30 bits per heavy atom. The van der Waals surface area contributed by atoms with E-state index in [2.05, 4.69) is 5.32 Å². The van der Waals surface area contributed by atoms with Crippen LogP contribution in [0.4, 0.5) is 5.69 Å². The van der Waals surface area contributed by atoms with E-state index in [-0.39, 0.29) is 21.2 Å². The van der Waals surface area contributed by atoms with Crippen LogP contribution in [0.3, 0.4) is 0 Å². The number of aryl methyl sites for hydroxylation is 1. The zero-order chi connectivity index (χ0) is 22.1. The molecule has 1 aromatic carbocycles. The van der Waals surface area contributed by atoms with E-state index in [4.69, 9.17) is 0 Å². The van der Waals surface area contributed by atoms with Crippen LogP contribution in [0, 0.1) is 0 Å². The van der Waals surface area contributed by atoms with Gasteiger partial charge in [0.1, 0.15) is 15.5 Å². The number of aromatic nitrogens is 1. The number of benzene rings is 1. The van der Waals surface area contributed by atoms with Gasteiger partial charge in [0.05, 0.1) is 5.69 Å². The molecule has 9 nitrogen and oxygen atoms in total. The summed E-state index contributed by atoms with van der Waals surface area (Å²) in [5, 5.41) is 2.60. The van der Waals surface area contributed by atoms with E-state index in [0.29, 0.717) is 13.1 Å². The molecule has 0 radical (unpaired) electrons. The van der Waals surface area contributed by atoms with Crippen molar-refractivity contribution in [1.29, 1.82) is 0 Å². The summed E-state index contributed by atoms with van der Waals surface area (Å²) in [5.41, 5.74) is 0.237. The molecular weight excluding hydrogens is 428 g/mol. The van der Waals surface area contributed by atoms with Crippen molar-refractivity contribution < 1.29 is 21.6 Å². The van der Waals surface area contributed by atoms with Gasteiger partial charge in [-0.2, -0.15) is 4.31 Å². The highest BCUT2D eigenvalue weighted by molar-refractivity contribution is 7.89. The number of sulfonamides is 2. The van der Waals surface area contributed by atoms with E-state index in [1.54, 1.807) is 19.2 Å². The molecule has 164 valence electrons. The summed E-state index contributed by atoms with van der Waals surface area (Å²) in [5.74, 6) is -0.598. The topological polar surface area (TPSA) is 109 Å². The van der Waals surface area contributed by atoms with Gasteiger partial charge in [0.15, 0.2) is 0 Å². The second kappa shape index (κ2) is 8.50. The molecule has 1 fully saturated rings. The summed E-state index contributed by atoms with van der Waals surface area (Å²) in [6.45, 7) is 0.934. The summed E-state index contributed by atoms with van der Waals surface area (Å²) in [7, 11) is -3.06. The fraction of sp³-hybridized carbons (Fsp3) is 0.421. The molecule has 1 aliphatic rings. The minimum Gasteiger partial charge on any atom is -0.345 e. The van der Waals surface area contributed by atoms with E-state index in [1.807, 2.05) is 0 Å². The summed E-state index contributed by atoms with van der Waals surface area (Å²) in [4.78, 5) is 12.9. The molecule has 1 aliphatic heterocycles. The second-order valence-electron chi connectivity index (χ2n) is 7.37. The van der Waals surface area contributed by atoms with Crippen molar-refractivity contribution in [3.05, 3.63) is 42.2 Å². The number of para-hydroxylation sites is 1. The largest absolute Gasteiger partial charge is 0.345 e. The number of anilines is 1. The Labute approximate surface area is 177 Å². The van der Waals surface area contributed by atoms with E-state index < -0.39 is 26.0 Å². The van der Waals surface area contributed by atoms with Gasteiger partial charge < -0.3 is 9.88 Å². The Bertz CT molecular complexity index is 1150. The van der Waals surface area contributed by atoms with Crippen LogP contribution in [0.15, 0.2) is 46.3 Å². The third-order valence-corrected chi connectivity index (χ3v) is 8.80. The van der Waals surface area contributed by atoms with Crippen LogP contribution in [0.25, 0.3) is 0 Å². The number of carbonyl (C=O) groups is 1. The van der Waals surface area contributed by atoms with Crippen LogP contribution in [0.1, 0.15) is 29.8 Å². The lowest BCUT2D eigenvalue weighted by atomic mass is 10.2. The average Bonchev–Trinajstić information content (AvgIpc) is 3.11. The molecule has 0 saturated carbocycles. The number of nitrogens with zero attached hydrogens (tertiary/aromatic N) is 3. The van der Waals surface area contributed by atoms with Gasteiger partial charge in [-0.05, 0) is 31.0 Å². The first kappa shape index (κ1) is 22.5. The number of hydrogen-bond acceptors (Lipinski definition) is 5. The summed E-state index contributed by atoms with van der Waals surface area (Å²) >= 11 is 0. The highest BCUT2D eigenvalue weighted by Gasteiger charge is 2.29. The first-order valence-electron chi connectivity index (χ1n) is 9.54. The highest BCUT2D eigenvalue weighted by Crippen LogP contribution is 2.25. The SMILES string of the molecule is CN(C)S(=O)(=O)c1ccccc1NC(=O)c1cc(S(=O)(=O)N2CCCCC2)cn1C. The first-order valence-corrected chi connectivity index (χ1v) is 12.4. The third-order valence-electron chi connectivity index (χ3n) is 5.06. The summed E-state index contributed by atoms with van der Waals surface area (Å²) in [6.07, 6.45) is 4.04. The van der Waals surface area contributed by atoms with Gasteiger partial charge in [-0.15, -0.1) is 0 Å². The van der Waals surface area contributed by atoms with Crippen molar-refractivity contribution in [2.24, 2.45) is 7.05 Å². The van der Waals surface area contributed by atoms with Crippen molar-refractivity contribution in [2.75, 3.05) is 32.5 Å². The van der Waals surface area contributed by atoms with Gasteiger partial charge in [-0.1, -0.05) is 18.6 Å². The van der Waals surface area contributed by atoms with Crippen molar-refractivity contribution in [3.8, 4) is 0 Å². The maximum atomic E-state index is 12.9. The minimum atomic E-state index is -3.77. The van der Waals surface area contributed by atoms with Crippen LogP contribution >= 0.6 is 0 Å². The Hall–Kier alpha value is -2.21. The number of rotatable bonds is 6. The molecular formula is C19H26N4O5S2. The predicted octanol–water partition coefficient (Wildman–Crippen LogP) is 1.70. The van der Waals surface area contributed by atoms with Gasteiger partial charge >= 0.3 is 0 Å². The zero-order valence-corrected chi connectivity index (χ0v) is 18.8. The second-order valence-corrected chi connectivity index (χ2v) is 11.4. The Balaban J connectivity index is 1.90. The molecule has 3 rings (SSSR count). The van der Waals surface area contributed by atoms with Crippen LogP contribution in [-0.2, 0) is 27.1 Å². The number of nitrogens with one attached hydrogen (secondary N) is 1. The molecule has 30 heavy (non-hydrogen) atoms. The van der Waals surface area contributed by atoms with Crippen molar-refractivity contribution in [3.63, 3.8) is 0 Å². The molecule has 1 aromatic heterocycles. The predicted molar refractivity (Wildman–Crippen MR) is 113 cm³/mol. The molecule has 2 heterocycles. The van der Waals surface area contributed by atoms with Crippen LogP contribution in [0.2, 0.25) is 0 Å². The molecule has 0 aliphatic carbocycles. The average molecular weight is 455 g/mol. The number of piperidine rings is 1. The third kappa shape index (κ3) is 4.29. The molecule has 1 amide bonds. The Morgan fingerprint density at radius 2 is 1.67 bits per heavy atom. The van der Waals surface area contributed by atoms with E-state index in [0.717, 1.165) is 23.6 Å². The zero-order valence-electron chi connectivity index (χ0n) is 17.2. The maximum Gasteiger partial charge on any atom is 0.272 e. The molecule has 1 saturated heterocycles. The molecule has 0 atom stereocenters. The highest BCUT2D eigenvalue weighted by atomic mass is 32.2. The summed E-state index contributed by atoms with van der Waals surface area (Å²) in [6, 6.07) is 7.40. The molecule has 0 unspecified atom stereocenters.